The number of carbonyl (C=O) groups excluding carboxylic acids is 1. The summed E-state index contributed by atoms with van der Waals surface area (Å²) in [7, 11) is 0. The topological polar surface area (TPSA) is 54.9 Å². The molecule has 18 heavy (non-hydrogen) atoms. The minimum Gasteiger partial charge on any atom is -0.305 e. The first-order valence-corrected chi connectivity index (χ1v) is 6.61. The molecule has 1 N–H and O–H groups in total. The molecule has 0 bridgehead atoms. The number of benzene rings is 1. The van der Waals surface area contributed by atoms with Gasteiger partial charge in [0.2, 0.25) is 0 Å². The summed E-state index contributed by atoms with van der Waals surface area (Å²) in [6, 6.07) is 12.6. The highest BCUT2D eigenvalue weighted by Gasteiger charge is 2.06. The molecule has 0 radical (unpaired) electrons. The van der Waals surface area contributed by atoms with E-state index in [1.807, 2.05) is 24.3 Å². The Balaban J connectivity index is 2.03. The summed E-state index contributed by atoms with van der Waals surface area (Å²) in [4.78, 5) is 11.8. The van der Waals surface area contributed by atoms with Crippen LogP contribution in [0.2, 0.25) is 0 Å². The van der Waals surface area contributed by atoms with Gasteiger partial charge >= 0.3 is 0 Å². The van der Waals surface area contributed by atoms with Crippen LogP contribution in [0.3, 0.4) is 0 Å². The molecule has 0 spiro atoms. The third kappa shape index (κ3) is 3.30. The third-order valence-corrected chi connectivity index (χ3v) is 3.01. The van der Waals surface area contributed by atoms with Crippen molar-refractivity contribution >= 4 is 23.5 Å². The molecule has 0 aliphatic rings. The van der Waals surface area contributed by atoms with Gasteiger partial charge in [-0.15, -0.1) is 22.0 Å². The van der Waals surface area contributed by atoms with Crippen molar-refractivity contribution < 1.29 is 4.79 Å². The SMILES string of the molecule is CCSc1ccc(NC(=O)c2ccccc2)nn1. The molecule has 2 rings (SSSR count). The lowest BCUT2D eigenvalue weighted by Gasteiger charge is -2.04. The smallest absolute Gasteiger partial charge is 0.256 e. The molecule has 1 aromatic heterocycles. The van der Waals surface area contributed by atoms with Crippen LogP contribution < -0.4 is 5.32 Å². The van der Waals surface area contributed by atoms with E-state index in [1.54, 1.807) is 30.0 Å². The monoisotopic (exact) mass is 259 g/mol. The Hall–Kier alpha value is -1.88. The first-order valence-electron chi connectivity index (χ1n) is 5.62. The predicted molar refractivity (Wildman–Crippen MR) is 72.8 cm³/mol. The number of anilines is 1. The van der Waals surface area contributed by atoms with Crippen LogP contribution in [-0.2, 0) is 0 Å². The van der Waals surface area contributed by atoms with Crippen molar-refractivity contribution in [2.24, 2.45) is 0 Å². The lowest BCUT2D eigenvalue weighted by molar-refractivity contribution is 0.102. The molecule has 1 heterocycles. The van der Waals surface area contributed by atoms with Crippen molar-refractivity contribution in [1.82, 2.24) is 10.2 Å². The zero-order chi connectivity index (χ0) is 12.8. The fraction of sp³-hybridized carbons (Fsp3) is 0.154. The summed E-state index contributed by atoms with van der Waals surface area (Å²) in [6.45, 7) is 2.05. The molecule has 5 heteroatoms. The van der Waals surface area contributed by atoms with Gasteiger partial charge in [0.25, 0.3) is 5.91 Å². The summed E-state index contributed by atoms with van der Waals surface area (Å²) < 4.78 is 0. The minimum atomic E-state index is -0.180. The highest BCUT2D eigenvalue weighted by Crippen LogP contribution is 2.14. The maximum absolute atomic E-state index is 11.8. The lowest BCUT2D eigenvalue weighted by Crippen LogP contribution is -2.13. The number of nitrogens with one attached hydrogen (secondary N) is 1. The average molecular weight is 259 g/mol. The summed E-state index contributed by atoms with van der Waals surface area (Å²) in [5.74, 6) is 1.23. The van der Waals surface area contributed by atoms with Gasteiger partial charge in [-0.2, -0.15) is 0 Å². The molecular weight excluding hydrogens is 246 g/mol. The Morgan fingerprint density at radius 2 is 1.94 bits per heavy atom. The molecule has 1 amide bonds. The van der Waals surface area contributed by atoms with Crippen LogP contribution >= 0.6 is 11.8 Å². The maximum Gasteiger partial charge on any atom is 0.256 e. The summed E-state index contributed by atoms with van der Waals surface area (Å²) in [6.07, 6.45) is 0. The van der Waals surface area contributed by atoms with Crippen LogP contribution in [0, 0.1) is 0 Å². The van der Waals surface area contributed by atoms with Crippen molar-refractivity contribution in [3.63, 3.8) is 0 Å². The first kappa shape index (κ1) is 12.6. The third-order valence-electron chi connectivity index (χ3n) is 2.21. The summed E-state index contributed by atoms with van der Waals surface area (Å²) in [5.41, 5.74) is 0.603. The second kappa shape index (κ2) is 6.16. The molecule has 92 valence electrons. The summed E-state index contributed by atoms with van der Waals surface area (Å²) in [5, 5.41) is 11.5. The van der Waals surface area contributed by atoms with Crippen LogP contribution in [0.1, 0.15) is 17.3 Å². The van der Waals surface area contributed by atoms with Crippen LogP contribution in [-0.4, -0.2) is 21.9 Å². The number of hydrogen-bond donors (Lipinski definition) is 1. The molecule has 2 aromatic rings. The predicted octanol–water partition coefficient (Wildman–Crippen LogP) is 2.84. The molecule has 0 atom stereocenters. The zero-order valence-electron chi connectivity index (χ0n) is 9.96. The molecule has 1 aromatic carbocycles. The van der Waals surface area contributed by atoms with Crippen LogP contribution in [0.25, 0.3) is 0 Å². The zero-order valence-corrected chi connectivity index (χ0v) is 10.8. The molecule has 0 aliphatic heterocycles. The highest BCUT2D eigenvalue weighted by molar-refractivity contribution is 7.99. The largest absolute Gasteiger partial charge is 0.305 e. The number of carbonyl (C=O) groups is 1. The molecular formula is C13H13N3OS. The van der Waals surface area contributed by atoms with E-state index in [0.717, 1.165) is 10.8 Å². The molecule has 4 nitrogen and oxygen atoms in total. The van der Waals surface area contributed by atoms with Gasteiger partial charge in [-0.3, -0.25) is 4.79 Å². The van der Waals surface area contributed by atoms with Crippen LogP contribution in [0.4, 0.5) is 5.82 Å². The van der Waals surface area contributed by atoms with E-state index in [4.69, 9.17) is 0 Å². The first-order chi connectivity index (χ1) is 8.79. The Morgan fingerprint density at radius 3 is 2.56 bits per heavy atom. The number of amides is 1. The number of rotatable bonds is 4. The lowest BCUT2D eigenvalue weighted by atomic mass is 10.2. The van der Waals surface area contributed by atoms with E-state index in [2.05, 4.69) is 22.4 Å². The van der Waals surface area contributed by atoms with Crippen molar-refractivity contribution in [2.45, 2.75) is 11.9 Å². The average Bonchev–Trinajstić information content (AvgIpc) is 2.42. The fourth-order valence-corrected chi connectivity index (χ4v) is 1.95. The van der Waals surface area contributed by atoms with Gasteiger partial charge in [-0.1, -0.05) is 25.1 Å². The number of aromatic nitrogens is 2. The second-order valence-electron chi connectivity index (χ2n) is 3.51. The standard InChI is InChI=1S/C13H13N3OS/c1-2-18-12-9-8-11(15-16-12)14-13(17)10-6-4-3-5-7-10/h3-9H,2H2,1H3,(H,14,15,17). The molecule has 0 fully saturated rings. The van der Waals surface area contributed by atoms with Crippen LogP contribution in [0.5, 0.6) is 0 Å². The Morgan fingerprint density at radius 1 is 1.17 bits per heavy atom. The van der Waals surface area contributed by atoms with E-state index >= 15 is 0 Å². The minimum absolute atomic E-state index is 0.180. The molecule has 0 aliphatic carbocycles. The van der Waals surface area contributed by atoms with Crippen molar-refractivity contribution in [1.29, 1.82) is 0 Å². The summed E-state index contributed by atoms with van der Waals surface area (Å²) >= 11 is 1.61. The van der Waals surface area contributed by atoms with Crippen LogP contribution in [0.15, 0.2) is 47.5 Å². The second-order valence-corrected chi connectivity index (χ2v) is 4.79. The quantitative estimate of drug-likeness (QED) is 0.858. The molecule has 0 unspecified atom stereocenters. The highest BCUT2D eigenvalue weighted by atomic mass is 32.2. The number of thioether (sulfide) groups is 1. The van der Waals surface area contributed by atoms with Gasteiger partial charge in [-0.25, -0.2) is 0 Å². The number of hydrogen-bond acceptors (Lipinski definition) is 4. The van der Waals surface area contributed by atoms with Gasteiger partial charge in [0, 0.05) is 5.56 Å². The van der Waals surface area contributed by atoms with E-state index in [-0.39, 0.29) is 5.91 Å². The van der Waals surface area contributed by atoms with Gasteiger partial charge < -0.3 is 5.32 Å². The van der Waals surface area contributed by atoms with Crippen molar-refractivity contribution in [3.05, 3.63) is 48.0 Å². The van der Waals surface area contributed by atoms with E-state index < -0.39 is 0 Å². The maximum atomic E-state index is 11.8. The number of nitrogens with zero attached hydrogens (tertiary/aromatic N) is 2. The molecule has 0 saturated carbocycles. The van der Waals surface area contributed by atoms with Gasteiger partial charge in [-0.05, 0) is 30.0 Å². The normalized spacial score (nSPS) is 10.1. The van der Waals surface area contributed by atoms with E-state index in [0.29, 0.717) is 11.4 Å². The van der Waals surface area contributed by atoms with E-state index in [9.17, 15) is 4.79 Å². The van der Waals surface area contributed by atoms with Gasteiger partial charge in [0.15, 0.2) is 5.82 Å². The Labute approximate surface area is 110 Å². The fourth-order valence-electron chi connectivity index (χ4n) is 1.39. The van der Waals surface area contributed by atoms with Gasteiger partial charge in [0.05, 0.1) is 0 Å². The molecule has 0 saturated heterocycles. The van der Waals surface area contributed by atoms with E-state index in [1.165, 1.54) is 0 Å². The van der Waals surface area contributed by atoms with Crippen molar-refractivity contribution in [3.8, 4) is 0 Å². The van der Waals surface area contributed by atoms with Gasteiger partial charge in [0.1, 0.15) is 5.03 Å². The Kier molecular flexibility index (Phi) is 4.30. The Bertz CT molecular complexity index is 514. The van der Waals surface area contributed by atoms with Crippen molar-refractivity contribution in [2.75, 3.05) is 11.1 Å².